The van der Waals surface area contributed by atoms with E-state index >= 15 is 0 Å². The van der Waals surface area contributed by atoms with Crippen molar-refractivity contribution in [2.75, 3.05) is 32.8 Å². The lowest BCUT2D eigenvalue weighted by Crippen LogP contribution is -2.53. The summed E-state index contributed by atoms with van der Waals surface area (Å²) in [5.74, 6) is 1.30. The second-order valence-corrected chi connectivity index (χ2v) is 8.85. The van der Waals surface area contributed by atoms with Gasteiger partial charge >= 0.3 is 0 Å². The maximum Gasteiger partial charge on any atom is 0.150 e. The lowest BCUT2D eigenvalue weighted by Gasteiger charge is -2.51. The van der Waals surface area contributed by atoms with Crippen LogP contribution in [0.1, 0.15) is 47.7 Å². The van der Waals surface area contributed by atoms with Crippen molar-refractivity contribution in [1.29, 1.82) is 0 Å². The number of nitrogens with zero attached hydrogens (tertiary/aromatic N) is 4. The number of aliphatic hydroxyl groups is 1. The normalized spacial score (nSPS) is 23.5. The molecule has 2 N–H and O–H groups in total. The zero-order chi connectivity index (χ0) is 19.7. The summed E-state index contributed by atoms with van der Waals surface area (Å²) >= 11 is 0. The molecule has 1 atom stereocenters. The largest absolute Gasteiger partial charge is 0.396 e. The van der Waals surface area contributed by atoms with Crippen LogP contribution >= 0.6 is 0 Å². The van der Waals surface area contributed by atoms with Gasteiger partial charge in [-0.25, -0.2) is 0 Å². The first-order valence-corrected chi connectivity index (χ1v) is 10.5. The quantitative estimate of drug-likeness (QED) is 0.820. The first-order chi connectivity index (χ1) is 13.5. The number of nitrogens with one attached hydrogen (secondary N) is 1. The van der Waals surface area contributed by atoms with Crippen LogP contribution in [0.5, 0.6) is 0 Å². The third-order valence-electron chi connectivity index (χ3n) is 7.06. The van der Waals surface area contributed by atoms with Crippen molar-refractivity contribution in [3.8, 4) is 0 Å². The Morgan fingerprint density at radius 3 is 2.43 bits per heavy atom. The van der Waals surface area contributed by atoms with Crippen LogP contribution in [-0.2, 0) is 13.1 Å². The molecule has 2 aliphatic rings. The second-order valence-electron chi connectivity index (χ2n) is 8.85. The van der Waals surface area contributed by atoms with Gasteiger partial charge in [0, 0.05) is 42.9 Å². The van der Waals surface area contributed by atoms with Crippen LogP contribution < -0.4 is 0 Å². The SMILES string of the molecule is Cc1cc(CN2CCC3(CC2)CCN(Cc2c(C)n[nH]c2C)C[C@@H]3CO)on1. The molecule has 2 aromatic rings. The van der Waals surface area contributed by atoms with Gasteiger partial charge in [0.25, 0.3) is 0 Å². The number of H-pyrrole nitrogens is 1. The summed E-state index contributed by atoms with van der Waals surface area (Å²) in [4.78, 5) is 4.96. The lowest BCUT2D eigenvalue weighted by atomic mass is 9.64. The number of rotatable bonds is 5. The van der Waals surface area contributed by atoms with E-state index in [0.717, 1.165) is 75.0 Å². The molecule has 0 unspecified atom stereocenters. The van der Waals surface area contributed by atoms with Crippen LogP contribution in [-0.4, -0.2) is 63.0 Å². The van der Waals surface area contributed by atoms with Gasteiger partial charge in [-0.1, -0.05) is 5.16 Å². The van der Waals surface area contributed by atoms with Gasteiger partial charge in [0.05, 0.1) is 17.9 Å². The molecular weight excluding hydrogens is 354 g/mol. The van der Waals surface area contributed by atoms with E-state index in [2.05, 4.69) is 39.0 Å². The molecule has 0 radical (unpaired) electrons. The smallest absolute Gasteiger partial charge is 0.150 e. The van der Waals surface area contributed by atoms with E-state index in [1.54, 1.807) is 0 Å². The molecule has 7 nitrogen and oxygen atoms in total. The Balaban J connectivity index is 1.35. The highest BCUT2D eigenvalue weighted by Gasteiger charge is 2.44. The fourth-order valence-corrected chi connectivity index (χ4v) is 5.13. The molecule has 4 heterocycles. The Labute approximate surface area is 167 Å². The average molecular weight is 388 g/mol. The molecule has 2 aromatic heterocycles. The third kappa shape index (κ3) is 3.88. The predicted octanol–water partition coefficient (Wildman–Crippen LogP) is 2.42. The molecule has 2 fully saturated rings. The van der Waals surface area contributed by atoms with E-state index in [1.165, 1.54) is 12.0 Å². The van der Waals surface area contributed by atoms with Gasteiger partial charge < -0.3 is 9.63 Å². The zero-order valence-electron chi connectivity index (χ0n) is 17.4. The number of aryl methyl sites for hydroxylation is 3. The van der Waals surface area contributed by atoms with E-state index in [0.29, 0.717) is 5.92 Å². The van der Waals surface area contributed by atoms with Crippen molar-refractivity contribution in [2.45, 2.75) is 53.1 Å². The first kappa shape index (κ1) is 19.6. The van der Waals surface area contributed by atoms with E-state index in [1.807, 2.05) is 13.0 Å². The Bertz CT molecular complexity index is 771. The van der Waals surface area contributed by atoms with Gasteiger partial charge in [0.15, 0.2) is 5.76 Å². The number of hydrogen-bond donors (Lipinski definition) is 2. The summed E-state index contributed by atoms with van der Waals surface area (Å²) in [7, 11) is 0. The molecular formula is C21H33N5O2. The number of likely N-dealkylation sites (tertiary alicyclic amines) is 2. The maximum absolute atomic E-state index is 10.2. The third-order valence-corrected chi connectivity index (χ3v) is 7.06. The molecule has 0 aliphatic carbocycles. The molecule has 0 aromatic carbocycles. The molecule has 2 aliphatic heterocycles. The minimum absolute atomic E-state index is 0.277. The lowest BCUT2D eigenvalue weighted by molar-refractivity contribution is -0.0460. The summed E-state index contributed by atoms with van der Waals surface area (Å²) in [6.07, 6.45) is 3.48. The fraction of sp³-hybridized carbons (Fsp3) is 0.714. The predicted molar refractivity (Wildman–Crippen MR) is 107 cm³/mol. The minimum atomic E-state index is 0.277. The zero-order valence-corrected chi connectivity index (χ0v) is 17.4. The summed E-state index contributed by atoms with van der Waals surface area (Å²) < 4.78 is 5.38. The molecule has 154 valence electrons. The number of piperidine rings is 2. The molecule has 0 saturated carbocycles. The van der Waals surface area contributed by atoms with E-state index in [-0.39, 0.29) is 12.0 Å². The Morgan fingerprint density at radius 1 is 1.14 bits per heavy atom. The maximum atomic E-state index is 10.2. The molecule has 0 bridgehead atoms. The highest BCUT2D eigenvalue weighted by atomic mass is 16.5. The second kappa shape index (κ2) is 7.97. The van der Waals surface area contributed by atoms with E-state index < -0.39 is 0 Å². The van der Waals surface area contributed by atoms with Crippen molar-refractivity contribution in [3.63, 3.8) is 0 Å². The van der Waals surface area contributed by atoms with Crippen LogP contribution in [0.3, 0.4) is 0 Å². The van der Waals surface area contributed by atoms with E-state index in [9.17, 15) is 5.11 Å². The summed E-state index contributed by atoms with van der Waals surface area (Å²) in [6.45, 7) is 12.4. The topological polar surface area (TPSA) is 81.4 Å². The highest BCUT2D eigenvalue weighted by molar-refractivity contribution is 5.23. The van der Waals surface area contributed by atoms with Gasteiger partial charge in [0.2, 0.25) is 0 Å². The minimum Gasteiger partial charge on any atom is -0.396 e. The number of aromatic amines is 1. The monoisotopic (exact) mass is 387 g/mol. The average Bonchev–Trinajstić information content (AvgIpc) is 3.24. The van der Waals surface area contributed by atoms with Gasteiger partial charge in [-0.2, -0.15) is 5.10 Å². The highest BCUT2D eigenvalue weighted by Crippen LogP contribution is 2.45. The van der Waals surface area contributed by atoms with Gasteiger partial charge in [-0.3, -0.25) is 14.9 Å². The first-order valence-electron chi connectivity index (χ1n) is 10.5. The fourth-order valence-electron chi connectivity index (χ4n) is 5.13. The standard InChI is InChI=1S/C21H33N5O2/c1-15-10-19(28-24-15)12-25-7-4-21(5-8-25)6-9-26(11-18(21)14-27)13-20-16(2)22-23-17(20)3/h10,18,27H,4-9,11-14H2,1-3H3,(H,22,23)/t18-/m1/s1. The number of aromatic nitrogens is 3. The van der Waals surface area contributed by atoms with Crippen molar-refractivity contribution in [3.05, 3.63) is 34.5 Å². The molecule has 1 spiro atoms. The van der Waals surface area contributed by atoms with Crippen LogP contribution in [0.25, 0.3) is 0 Å². The number of hydrogen-bond acceptors (Lipinski definition) is 6. The van der Waals surface area contributed by atoms with Crippen molar-refractivity contribution < 1.29 is 9.63 Å². The van der Waals surface area contributed by atoms with Crippen LogP contribution in [0, 0.1) is 32.1 Å². The molecule has 7 heteroatoms. The molecule has 4 rings (SSSR count). The summed E-state index contributed by atoms with van der Waals surface area (Å²) in [5.41, 5.74) is 4.78. The Kier molecular flexibility index (Phi) is 5.58. The van der Waals surface area contributed by atoms with Crippen LogP contribution in [0.15, 0.2) is 10.6 Å². The molecule has 28 heavy (non-hydrogen) atoms. The molecule has 0 amide bonds. The van der Waals surface area contributed by atoms with Crippen molar-refractivity contribution in [1.82, 2.24) is 25.2 Å². The van der Waals surface area contributed by atoms with Gasteiger partial charge in [0.1, 0.15) is 0 Å². The summed E-state index contributed by atoms with van der Waals surface area (Å²) in [6, 6.07) is 2.03. The van der Waals surface area contributed by atoms with Crippen molar-refractivity contribution in [2.24, 2.45) is 11.3 Å². The van der Waals surface area contributed by atoms with Crippen LogP contribution in [0.2, 0.25) is 0 Å². The summed E-state index contributed by atoms with van der Waals surface area (Å²) in [5, 5.41) is 21.6. The van der Waals surface area contributed by atoms with E-state index in [4.69, 9.17) is 4.52 Å². The van der Waals surface area contributed by atoms with Crippen molar-refractivity contribution >= 4 is 0 Å². The molecule has 2 saturated heterocycles. The Hall–Kier alpha value is -1.70. The van der Waals surface area contributed by atoms with Gasteiger partial charge in [-0.15, -0.1) is 0 Å². The van der Waals surface area contributed by atoms with Crippen LogP contribution in [0.4, 0.5) is 0 Å². The van der Waals surface area contributed by atoms with Gasteiger partial charge in [-0.05, 0) is 65.1 Å². The Morgan fingerprint density at radius 2 is 1.86 bits per heavy atom. The number of aliphatic hydroxyl groups excluding tert-OH is 1.